The van der Waals surface area contributed by atoms with Crippen LogP contribution in [0.1, 0.15) is 15.9 Å². The van der Waals surface area contributed by atoms with Gasteiger partial charge in [-0.25, -0.2) is 0 Å². The highest BCUT2D eigenvalue weighted by Gasteiger charge is 2.31. The van der Waals surface area contributed by atoms with Crippen molar-refractivity contribution in [2.45, 2.75) is 0 Å². The first-order chi connectivity index (χ1) is 11.2. The molecule has 114 valence electrons. The molecule has 0 atom stereocenters. The van der Waals surface area contributed by atoms with Crippen LogP contribution in [0.3, 0.4) is 0 Å². The molecular formula is C17H14N4O2. The molecule has 0 bridgehead atoms. The Hall–Kier alpha value is -3.15. The summed E-state index contributed by atoms with van der Waals surface area (Å²) in [5.41, 5.74) is 1.94. The number of aromatic hydroxyl groups is 1. The molecule has 0 fully saturated rings. The molecule has 0 spiro atoms. The minimum atomic E-state index is -0.147. The Morgan fingerprint density at radius 1 is 1.30 bits per heavy atom. The molecule has 1 aromatic carbocycles. The SMILES string of the molecule is O=C(C=C1Nc2c(O)cccc2C2=NCCN12)c1cccnc1. The Balaban J connectivity index is 1.76. The molecule has 3 heterocycles. The average molecular weight is 306 g/mol. The molecule has 2 aromatic rings. The van der Waals surface area contributed by atoms with Crippen molar-refractivity contribution in [2.24, 2.45) is 4.99 Å². The standard InChI is InChI=1S/C17H14N4O2/c22-13-5-1-4-12-16(13)20-15(21-8-7-19-17(12)21)9-14(23)11-3-2-6-18-10-11/h1-6,9-10,20,22H,7-8H2. The molecule has 2 aliphatic rings. The molecule has 0 amide bonds. The zero-order valence-corrected chi connectivity index (χ0v) is 12.2. The van der Waals surface area contributed by atoms with Crippen molar-refractivity contribution in [1.29, 1.82) is 0 Å². The first-order valence-electron chi connectivity index (χ1n) is 7.31. The molecule has 0 saturated heterocycles. The van der Waals surface area contributed by atoms with Crippen LogP contribution in [0.25, 0.3) is 0 Å². The number of para-hydroxylation sites is 1. The zero-order valence-electron chi connectivity index (χ0n) is 12.2. The van der Waals surface area contributed by atoms with Gasteiger partial charge in [0.25, 0.3) is 0 Å². The molecule has 0 unspecified atom stereocenters. The molecule has 0 aliphatic carbocycles. The van der Waals surface area contributed by atoms with Crippen LogP contribution in [0.2, 0.25) is 0 Å². The van der Waals surface area contributed by atoms with Crippen LogP contribution in [-0.4, -0.2) is 39.7 Å². The summed E-state index contributed by atoms with van der Waals surface area (Å²) < 4.78 is 0. The van der Waals surface area contributed by atoms with E-state index < -0.39 is 0 Å². The fourth-order valence-electron chi connectivity index (χ4n) is 2.80. The maximum Gasteiger partial charge on any atom is 0.191 e. The lowest BCUT2D eigenvalue weighted by molar-refractivity contribution is 0.104. The fraction of sp³-hybridized carbons (Fsp3) is 0.118. The van der Waals surface area contributed by atoms with Gasteiger partial charge in [-0.1, -0.05) is 6.07 Å². The monoisotopic (exact) mass is 306 g/mol. The van der Waals surface area contributed by atoms with Gasteiger partial charge in [-0.15, -0.1) is 0 Å². The van der Waals surface area contributed by atoms with Gasteiger partial charge in [-0.05, 0) is 24.3 Å². The van der Waals surface area contributed by atoms with Crippen LogP contribution < -0.4 is 5.32 Å². The van der Waals surface area contributed by atoms with Gasteiger partial charge in [0.1, 0.15) is 17.4 Å². The summed E-state index contributed by atoms with van der Waals surface area (Å²) in [7, 11) is 0. The normalized spacial score (nSPS) is 17.3. The second kappa shape index (κ2) is 5.24. The van der Waals surface area contributed by atoms with Crippen LogP contribution in [0.15, 0.2) is 59.6 Å². The van der Waals surface area contributed by atoms with Crippen molar-refractivity contribution in [3.05, 3.63) is 65.7 Å². The third-order valence-corrected chi connectivity index (χ3v) is 3.88. The number of aromatic nitrogens is 1. The summed E-state index contributed by atoms with van der Waals surface area (Å²) in [5.74, 6) is 1.38. The summed E-state index contributed by atoms with van der Waals surface area (Å²) in [6.07, 6.45) is 4.68. The summed E-state index contributed by atoms with van der Waals surface area (Å²) in [5, 5.41) is 13.2. The highest BCUT2D eigenvalue weighted by molar-refractivity contribution is 6.11. The lowest BCUT2D eigenvalue weighted by Crippen LogP contribution is -2.36. The summed E-state index contributed by atoms with van der Waals surface area (Å²) in [6, 6.07) is 8.74. The number of anilines is 1. The van der Waals surface area contributed by atoms with E-state index in [1.807, 2.05) is 11.0 Å². The number of fused-ring (bicyclic) bond motifs is 3. The topological polar surface area (TPSA) is 77.8 Å². The van der Waals surface area contributed by atoms with Gasteiger partial charge < -0.3 is 15.3 Å². The van der Waals surface area contributed by atoms with Crippen molar-refractivity contribution in [3.8, 4) is 5.75 Å². The van der Waals surface area contributed by atoms with E-state index in [4.69, 9.17) is 0 Å². The average Bonchev–Trinajstić information content (AvgIpc) is 3.07. The second-order valence-corrected chi connectivity index (χ2v) is 5.32. The van der Waals surface area contributed by atoms with Crippen LogP contribution in [0, 0.1) is 0 Å². The number of nitrogens with zero attached hydrogens (tertiary/aromatic N) is 3. The van der Waals surface area contributed by atoms with E-state index in [9.17, 15) is 9.90 Å². The van der Waals surface area contributed by atoms with Crippen molar-refractivity contribution in [3.63, 3.8) is 0 Å². The maximum atomic E-state index is 12.4. The number of hydrogen-bond donors (Lipinski definition) is 2. The fourth-order valence-corrected chi connectivity index (χ4v) is 2.80. The Kier molecular flexibility index (Phi) is 3.08. The smallest absolute Gasteiger partial charge is 0.191 e. The zero-order chi connectivity index (χ0) is 15.8. The van der Waals surface area contributed by atoms with E-state index in [0.717, 1.165) is 11.4 Å². The van der Waals surface area contributed by atoms with Crippen LogP contribution in [0.5, 0.6) is 5.75 Å². The second-order valence-electron chi connectivity index (χ2n) is 5.32. The number of nitrogens with one attached hydrogen (secondary N) is 1. The Morgan fingerprint density at radius 2 is 2.22 bits per heavy atom. The van der Waals surface area contributed by atoms with Crippen LogP contribution >= 0.6 is 0 Å². The highest BCUT2D eigenvalue weighted by atomic mass is 16.3. The lowest BCUT2D eigenvalue weighted by atomic mass is 10.1. The molecule has 1 aromatic heterocycles. The third-order valence-electron chi connectivity index (χ3n) is 3.88. The maximum absolute atomic E-state index is 12.4. The summed E-state index contributed by atoms with van der Waals surface area (Å²) >= 11 is 0. The number of carbonyl (C=O) groups excluding carboxylic acids is 1. The largest absolute Gasteiger partial charge is 0.506 e. The van der Waals surface area contributed by atoms with Gasteiger partial charge in [0.2, 0.25) is 0 Å². The number of carbonyl (C=O) groups is 1. The van der Waals surface area contributed by atoms with Gasteiger partial charge in [-0.2, -0.15) is 0 Å². The number of rotatable bonds is 2. The number of ketones is 1. The number of phenolic OH excluding ortho intramolecular Hbond substituents is 1. The van der Waals surface area contributed by atoms with E-state index in [2.05, 4.69) is 15.3 Å². The van der Waals surface area contributed by atoms with Gasteiger partial charge in [0.15, 0.2) is 5.78 Å². The number of amidine groups is 1. The van der Waals surface area contributed by atoms with Gasteiger partial charge in [0.05, 0.1) is 12.2 Å². The van der Waals surface area contributed by atoms with E-state index >= 15 is 0 Å². The van der Waals surface area contributed by atoms with Gasteiger partial charge in [0, 0.05) is 36.1 Å². The molecule has 6 heteroatoms. The van der Waals surface area contributed by atoms with Gasteiger partial charge >= 0.3 is 0 Å². The van der Waals surface area contributed by atoms with Crippen LogP contribution in [-0.2, 0) is 0 Å². The van der Waals surface area contributed by atoms with Crippen molar-refractivity contribution in [1.82, 2.24) is 9.88 Å². The first kappa shape index (κ1) is 13.5. The van der Waals surface area contributed by atoms with E-state index in [0.29, 0.717) is 30.2 Å². The predicted octanol–water partition coefficient (Wildman–Crippen LogP) is 2.00. The van der Waals surface area contributed by atoms with E-state index in [1.165, 1.54) is 12.3 Å². The van der Waals surface area contributed by atoms with Crippen molar-refractivity contribution >= 4 is 17.3 Å². The predicted molar refractivity (Wildman–Crippen MR) is 86.5 cm³/mol. The molecule has 2 aliphatic heterocycles. The Labute approximate surface area is 132 Å². The highest BCUT2D eigenvalue weighted by Crippen LogP contribution is 2.36. The van der Waals surface area contributed by atoms with Crippen molar-refractivity contribution < 1.29 is 9.90 Å². The Bertz CT molecular complexity index is 843. The molecule has 6 nitrogen and oxygen atoms in total. The molecule has 4 rings (SSSR count). The summed E-state index contributed by atoms with van der Waals surface area (Å²) in [4.78, 5) is 22.8. The molecular weight excluding hydrogens is 292 g/mol. The lowest BCUT2D eigenvalue weighted by Gasteiger charge is -2.31. The summed E-state index contributed by atoms with van der Waals surface area (Å²) in [6.45, 7) is 1.36. The first-order valence-corrected chi connectivity index (χ1v) is 7.31. The molecule has 0 saturated carbocycles. The number of allylic oxidation sites excluding steroid dienone is 1. The minimum absolute atomic E-state index is 0.136. The molecule has 2 N–H and O–H groups in total. The van der Waals surface area contributed by atoms with E-state index in [1.54, 1.807) is 30.5 Å². The van der Waals surface area contributed by atoms with Gasteiger partial charge in [-0.3, -0.25) is 14.8 Å². The number of benzene rings is 1. The quantitative estimate of drug-likeness (QED) is 0.504. The number of pyridine rings is 1. The Morgan fingerprint density at radius 3 is 3.04 bits per heavy atom. The van der Waals surface area contributed by atoms with E-state index in [-0.39, 0.29) is 11.5 Å². The number of hydrogen-bond acceptors (Lipinski definition) is 6. The molecule has 23 heavy (non-hydrogen) atoms. The number of phenols is 1. The minimum Gasteiger partial charge on any atom is -0.506 e. The number of aliphatic imine (C=N–C) groups is 1. The van der Waals surface area contributed by atoms with Crippen molar-refractivity contribution in [2.75, 3.05) is 18.4 Å². The third kappa shape index (κ3) is 2.24. The van der Waals surface area contributed by atoms with Crippen LogP contribution in [0.4, 0.5) is 5.69 Å². The molecule has 0 radical (unpaired) electrons.